The lowest BCUT2D eigenvalue weighted by molar-refractivity contribution is -0.0694. The molecule has 13 aromatic carbocycles. The zero-order chi connectivity index (χ0) is 88.9. The smallest absolute Gasteiger partial charge is 0.150 e. The summed E-state index contributed by atoms with van der Waals surface area (Å²) >= 11 is 0. The number of carbonyl (C=O) groups excluding carboxylic acids is 4. The Morgan fingerprint density at radius 1 is 0.244 bits per heavy atom. The zero-order valence-electron chi connectivity index (χ0n) is 71.8. The van der Waals surface area contributed by atoms with Gasteiger partial charge in [0.15, 0.2) is 0 Å². The summed E-state index contributed by atoms with van der Waals surface area (Å²) in [5.74, 6) is 16.8. The highest BCUT2D eigenvalue weighted by molar-refractivity contribution is 14.0. The minimum absolute atomic E-state index is 0. The second-order valence-electron chi connectivity index (χ2n) is 37.5. The molecule has 0 atom stereocenters. The third-order valence-electron chi connectivity index (χ3n) is 29.7. The molecule has 0 unspecified atom stereocenters. The summed E-state index contributed by atoms with van der Waals surface area (Å²) in [4.78, 5) is 80.5. The van der Waals surface area contributed by atoms with Gasteiger partial charge in [-0.15, -0.1) is 56.1 Å². The predicted octanol–water partition coefficient (Wildman–Crippen LogP) is 23.3. The number of nitrogens with one attached hydrogen (secondary N) is 4. The molecule has 0 saturated heterocycles. The molecule has 8 saturated carbocycles. The lowest BCUT2D eigenvalue weighted by Crippen LogP contribution is -2.67. The SMILES string of the molecule is C#Cc1ccc(N)c(N)c1.C#Cc1ccc2nc(-c3ccc(C45CC6(c7ccc(-c8nc9ccc(C#C)cc9[nH]8)cc7)CC(c7ccc(-c8nc9ccc(C#C)cc9[nH]8)cc7)(C4)CC(c4ccc(-c7nc8ccc(C#C)cc8[nH]7)cc4)(C5)C6)cc3)[nH]c2c1.I.O=Cc1ccc(C23CC4(c5ccc(C=O)cc5)CC(c5ccc(C=O)cc5)(C2)CC(c2ccc(C=O)cc2)(C3)C4)cc1.[HH]. The average molecular weight is 1820 g/mol. The van der Waals surface area contributed by atoms with Crippen molar-refractivity contribution in [2.45, 2.75) is 120 Å². The highest BCUT2D eigenvalue weighted by atomic mass is 127. The lowest BCUT2D eigenvalue weighted by atomic mass is 9.32. The fourth-order valence-corrected chi connectivity index (χ4v) is 24.9. The minimum atomic E-state index is -0.201. The Kier molecular flexibility index (Phi) is 20.7. The van der Waals surface area contributed by atoms with E-state index >= 15 is 0 Å². The Morgan fingerprint density at radius 3 is 0.595 bits per heavy atom. The first-order valence-electron chi connectivity index (χ1n) is 43.9. The van der Waals surface area contributed by atoms with Crippen molar-refractivity contribution in [3.8, 4) is 107 Å². The van der Waals surface area contributed by atoms with Crippen LogP contribution in [0.25, 0.3) is 89.7 Å². The number of aldehydes is 4. The first-order chi connectivity index (χ1) is 63.2. The number of terminal acetylenes is 5. The van der Waals surface area contributed by atoms with Crippen LogP contribution in [0.2, 0.25) is 0 Å². The molecule has 8 bridgehead atoms. The molecule has 25 rings (SSSR count). The molecule has 0 spiro atoms. The van der Waals surface area contributed by atoms with E-state index in [-0.39, 0.29) is 68.7 Å². The van der Waals surface area contributed by atoms with E-state index < -0.39 is 0 Å². The van der Waals surface area contributed by atoms with E-state index in [4.69, 9.17) is 63.5 Å². The van der Waals surface area contributed by atoms with Crippen LogP contribution in [0.15, 0.2) is 285 Å². The standard InChI is InChI=1S/C70H48N8.C38H32O4.C8H8N2.HI.H2/c1-5-43-9-29-55-59(33-43)75-63(71-55)47-13-21-51(22-14-47)67-37-68(52-23-15-48(16-24-52)64-72-56-30-10-44(6-2)34-60(56)76-64)40-69(38-67,53-25-17-49(18-26-53)65-73-57-31-11-45(7-3)35-61(57)77-65)42-70(39-67,41-68)54-27-19-50(20-28-54)66-74-58-32-12-46(8-4)36-62(58)78-66;39-17-27-1-9-31(10-2-27)35-21-36(32-11-3-28(18-40)4-12-32)24-37(22-35,33-13-5-29(19-41)6-14-33)26-38(23-35,25-36)34-15-7-30(20-42)8-16-34;1-2-6-3-4-7(9)8(10)5-6;;/h1-4,9-36H,37-42H2,(H,71,75)(H,72,76)(H,73,77)(H,74,78);1-20H,21-26H2;1,3-5H,9-10H2;2*1H. The van der Waals surface area contributed by atoms with Crippen molar-refractivity contribution in [1.82, 2.24) is 39.9 Å². The summed E-state index contributed by atoms with van der Waals surface area (Å²) in [6.45, 7) is 0. The van der Waals surface area contributed by atoms with Crippen LogP contribution in [0.3, 0.4) is 0 Å². The quantitative estimate of drug-likeness (QED) is 0.0232. The summed E-state index contributed by atoms with van der Waals surface area (Å²) in [6, 6.07) is 98.7. The first kappa shape index (κ1) is 83.8. The van der Waals surface area contributed by atoms with E-state index in [9.17, 15) is 19.2 Å². The van der Waals surface area contributed by atoms with Crippen LogP contribution in [0, 0.1) is 61.7 Å². The molecule has 8 N–H and O–H groups in total. The molecule has 8 fully saturated rings. The lowest BCUT2D eigenvalue weighted by Gasteiger charge is -2.71. The van der Waals surface area contributed by atoms with Crippen LogP contribution in [0.1, 0.15) is 192 Å². The third-order valence-corrected chi connectivity index (χ3v) is 29.7. The van der Waals surface area contributed by atoms with Gasteiger partial charge in [-0.3, -0.25) is 19.2 Å². The fourth-order valence-electron chi connectivity index (χ4n) is 24.9. The Hall–Kier alpha value is -15.5. The highest BCUT2D eigenvalue weighted by Gasteiger charge is 2.71. The van der Waals surface area contributed by atoms with Crippen molar-refractivity contribution < 1.29 is 20.6 Å². The number of H-pyrrole nitrogens is 4. The van der Waals surface area contributed by atoms with Crippen LogP contribution < -0.4 is 11.5 Å². The van der Waals surface area contributed by atoms with Crippen LogP contribution in [0.4, 0.5) is 11.4 Å². The van der Waals surface area contributed by atoms with Crippen molar-refractivity contribution in [3.05, 3.63) is 380 Å². The molecule has 0 radical (unpaired) electrons. The van der Waals surface area contributed by atoms with E-state index in [2.05, 4.69) is 195 Å². The van der Waals surface area contributed by atoms with Crippen molar-refractivity contribution >= 4 is 105 Å². The molecule has 4 heterocycles. The first-order valence-corrected chi connectivity index (χ1v) is 43.9. The number of carbonyl (C=O) groups is 4. The van der Waals surface area contributed by atoms with Gasteiger partial charge < -0.3 is 31.4 Å². The number of fused-ring (bicyclic) bond motifs is 4. The van der Waals surface area contributed by atoms with Gasteiger partial charge in [0.1, 0.15) is 48.4 Å². The number of aromatic amines is 4. The Bertz CT molecular complexity index is 6760. The van der Waals surface area contributed by atoms with E-state index in [1.807, 2.05) is 121 Å². The molecule has 0 amide bonds. The number of benzene rings is 13. The molecule has 0 aliphatic heterocycles. The summed E-state index contributed by atoms with van der Waals surface area (Å²) in [7, 11) is 0. The molecule has 4 aromatic heterocycles. The van der Waals surface area contributed by atoms with E-state index in [0.29, 0.717) is 33.6 Å². The molecule has 8 aliphatic carbocycles. The van der Waals surface area contributed by atoms with Gasteiger partial charge in [-0.25, -0.2) is 19.9 Å². The summed E-state index contributed by atoms with van der Waals surface area (Å²) < 4.78 is 0. The van der Waals surface area contributed by atoms with E-state index in [0.717, 1.165) is 220 Å². The van der Waals surface area contributed by atoms with Crippen molar-refractivity contribution in [2.75, 3.05) is 11.5 Å². The highest BCUT2D eigenvalue weighted by Crippen LogP contribution is 2.77. The Labute approximate surface area is 778 Å². The van der Waals surface area contributed by atoms with Gasteiger partial charge in [0.05, 0.1) is 55.5 Å². The number of halogens is 1. The normalized spacial score (nSPS) is 22.6. The molecule has 17 aromatic rings. The minimum Gasteiger partial charge on any atom is -0.397 e. The fraction of sp³-hybridized carbons (Fsp3) is 0.172. The number of imidazole rings is 4. The van der Waals surface area contributed by atoms with Gasteiger partial charge in [0.25, 0.3) is 0 Å². The third kappa shape index (κ3) is 14.6. The zero-order valence-corrected chi connectivity index (χ0v) is 74.1. The second kappa shape index (κ2) is 32.4. The molecule has 15 heteroatoms. The number of nitrogen functional groups attached to an aromatic ring is 2. The van der Waals surface area contributed by atoms with Crippen LogP contribution in [-0.2, 0) is 43.3 Å². The second-order valence-corrected chi connectivity index (χ2v) is 37.5. The molecule has 14 nitrogen and oxygen atoms in total. The van der Waals surface area contributed by atoms with E-state index in [1.54, 1.807) is 18.2 Å². The maximum atomic E-state index is 11.6. The van der Waals surface area contributed by atoms with Gasteiger partial charge in [-0.1, -0.05) is 224 Å². The summed E-state index contributed by atoms with van der Waals surface area (Å²) in [5, 5.41) is 0. The van der Waals surface area contributed by atoms with Gasteiger partial charge in [-0.05, 0) is 256 Å². The van der Waals surface area contributed by atoms with Crippen LogP contribution >= 0.6 is 24.0 Å². The van der Waals surface area contributed by atoms with Crippen molar-refractivity contribution in [2.24, 2.45) is 0 Å². The van der Waals surface area contributed by atoms with Crippen LogP contribution in [0.5, 0.6) is 0 Å². The number of hydrogen-bond acceptors (Lipinski definition) is 10. The number of nitrogens with zero attached hydrogens (tertiary/aromatic N) is 4. The van der Waals surface area contributed by atoms with Crippen molar-refractivity contribution in [1.29, 1.82) is 0 Å². The Morgan fingerprint density at radius 2 is 0.420 bits per heavy atom. The van der Waals surface area contributed by atoms with Gasteiger partial charge in [0.2, 0.25) is 0 Å². The largest absolute Gasteiger partial charge is 0.397 e. The van der Waals surface area contributed by atoms with E-state index in [1.165, 1.54) is 44.5 Å². The van der Waals surface area contributed by atoms with Gasteiger partial charge >= 0.3 is 0 Å². The van der Waals surface area contributed by atoms with Gasteiger partial charge in [0, 0.05) is 73.8 Å². The summed E-state index contributed by atoms with van der Waals surface area (Å²) in [5.41, 5.74) is 39.1. The van der Waals surface area contributed by atoms with Crippen molar-refractivity contribution in [3.63, 3.8) is 0 Å². The average Bonchev–Trinajstić information content (AvgIpc) is 0.863. The maximum Gasteiger partial charge on any atom is 0.150 e. The molecule has 636 valence electrons. The number of aromatic nitrogens is 8. The topological polar surface area (TPSA) is 235 Å². The number of hydrogen-bond donors (Lipinski definition) is 6. The van der Waals surface area contributed by atoms with Crippen LogP contribution in [-0.4, -0.2) is 65.0 Å². The molecule has 8 aliphatic rings. The Balaban J connectivity index is 0.000000174. The predicted molar refractivity (Wildman–Crippen MR) is 535 cm³/mol. The molecule has 131 heavy (non-hydrogen) atoms. The van der Waals surface area contributed by atoms with Gasteiger partial charge in [-0.2, -0.15) is 0 Å². The number of rotatable bonds is 16. The number of anilines is 2. The maximum absolute atomic E-state index is 11.6. The number of nitrogens with two attached hydrogens (primary N) is 2. The monoisotopic (exact) mass is 1810 g/mol. The summed E-state index contributed by atoms with van der Waals surface area (Å²) in [6.07, 6.45) is 43.7. The molecular weight excluding hydrogens is 1720 g/mol. The molecular formula is C116H91IN10O4.